The van der Waals surface area contributed by atoms with Crippen LogP contribution in [0, 0.1) is 17.8 Å². The summed E-state index contributed by atoms with van der Waals surface area (Å²) < 4.78 is 5.88. The van der Waals surface area contributed by atoms with E-state index in [9.17, 15) is 0 Å². The summed E-state index contributed by atoms with van der Waals surface area (Å²) in [5.74, 6) is 3.58. The number of hydrogen-bond donors (Lipinski definition) is 0. The highest BCUT2D eigenvalue weighted by Crippen LogP contribution is 2.46. The number of hydrogen-bond acceptors (Lipinski definition) is 1. The van der Waals surface area contributed by atoms with Crippen LogP contribution < -0.4 is 0 Å². The minimum Gasteiger partial charge on any atom is -0.498 e. The molecule has 3 atom stereocenters. The van der Waals surface area contributed by atoms with Crippen LogP contribution in [0.5, 0.6) is 0 Å². The van der Waals surface area contributed by atoms with E-state index in [0.717, 1.165) is 18.4 Å². The minimum atomic E-state index is 0.676. The highest BCUT2D eigenvalue weighted by molar-refractivity contribution is 5.29. The van der Waals surface area contributed by atoms with Crippen molar-refractivity contribution < 1.29 is 4.74 Å². The van der Waals surface area contributed by atoms with Crippen molar-refractivity contribution in [2.45, 2.75) is 32.6 Å². The fourth-order valence-corrected chi connectivity index (χ4v) is 3.24. The maximum Gasteiger partial charge on any atom is 0.0988 e. The Morgan fingerprint density at radius 2 is 2.21 bits per heavy atom. The molecule has 1 aliphatic heterocycles. The molecular formula is C13H18O. The van der Waals surface area contributed by atoms with E-state index in [2.05, 4.69) is 19.1 Å². The fourth-order valence-electron chi connectivity index (χ4n) is 3.24. The summed E-state index contributed by atoms with van der Waals surface area (Å²) in [6, 6.07) is 0. The topological polar surface area (TPSA) is 9.23 Å². The van der Waals surface area contributed by atoms with Gasteiger partial charge in [0.05, 0.1) is 12.4 Å². The van der Waals surface area contributed by atoms with Crippen molar-refractivity contribution in [1.82, 2.24) is 0 Å². The summed E-state index contributed by atoms with van der Waals surface area (Å²) in [5, 5.41) is 0. The van der Waals surface area contributed by atoms with Crippen LogP contribution in [0.2, 0.25) is 0 Å². The maximum atomic E-state index is 5.88. The molecule has 0 saturated carbocycles. The molecule has 1 heteroatoms. The molecule has 0 unspecified atom stereocenters. The minimum absolute atomic E-state index is 0.676. The summed E-state index contributed by atoms with van der Waals surface area (Å²) >= 11 is 0. The standard InChI is InChI=1S/C13H18O/c1-9-5-6-10-3-2-4-11-7-8-14-13(9)12(10)11/h2,4,9-11H,3,5-8H2,1H3/t9-,10-,11+/m0/s1. The van der Waals surface area contributed by atoms with E-state index in [1.165, 1.54) is 31.4 Å². The van der Waals surface area contributed by atoms with E-state index < -0.39 is 0 Å². The van der Waals surface area contributed by atoms with E-state index in [1.54, 1.807) is 5.57 Å². The van der Waals surface area contributed by atoms with Crippen LogP contribution in [-0.2, 0) is 4.74 Å². The van der Waals surface area contributed by atoms with Gasteiger partial charge in [-0.1, -0.05) is 19.1 Å². The molecule has 76 valence electrons. The Balaban J connectivity index is 2.06. The first kappa shape index (κ1) is 8.58. The molecule has 0 aromatic rings. The zero-order chi connectivity index (χ0) is 9.54. The summed E-state index contributed by atoms with van der Waals surface area (Å²) in [7, 11) is 0. The number of rotatable bonds is 0. The first-order chi connectivity index (χ1) is 6.86. The van der Waals surface area contributed by atoms with Crippen LogP contribution in [0.15, 0.2) is 23.5 Å². The monoisotopic (exact) mass is 190 g/mol. The van der Waals surface area contributed by atoms with Crippen molar-refractivity contribution in [3.8, 4) is 0 Å². The highest BCUT2D eigenvalue weighted by Gasteiger charge is 2.36. The molecule has 0 fully saturated rings. The van der Waals surface area contributed by atoms with Crippen LogP contribution in [0.4, 0.5) is 0 Å². The lowest BCUT2D eigenvalue weighted by molar-refractivity contribution is 0.118. The molecule has 0 N–H and O–H groups in total. The Morgan fingerprint density at radius 1 is 1.29 bits per heavy atom. The third kappa shape index (κ3) is 1.14. The summed E-state index contributed by atoms with van der Waals surface area (Å²) in [4.78, 5) is 0. The molecule has 0 saturated heterocycles. The molecule has 14 heavy (non-hydrogen) atoms. The zero-order valence-electron chi connectivity index (χ0n) is 8.83. The zero-order valence-corrected chi connectivity index (χ0v) is 8.83. The van der Waals surface area contributed by atoms with Gasteiger partial charge >= 0.3 is 0 Å². The average molecular weight is 190 g/mol. The first-order valence-corrected chi connectivity index (χ1v) is 5.89. The van der Waals surface area contributed by atoms with Crippen LogP contribution in [0.25, 0.3) is 0 Å². The van der Waals surface area contributed by atoms with Gasteiger partial charge in [0, 0.05) is 11.8 Å². The van der Waals surface area contributed by atoms with Gasteiger partial charge in [0.2, 0.25) is 0 Å². The quantitative estimate of drug-likeness (QED) is 0.533. The Kier molecular flexibility index (Phi) is 1.93. The van der Waals surface area contributed by atoms with Gasteiger partial charge in [-0.3, -0.25) is 0 Å². The van der Waals surface area contributed by atoms with Crippen molar-refractivity contribution >= 4 is 0 Å². The Bertz CT molecular complexity index is 300. The molecule has 0 radical (unpaired) electrons. The molecular weight excluding hydrogens is 172 g/mol. The van der Waals surface area contributed by atoms with Gasteiger partial charge in [-0.25, -0.2) is 0 Å². The third-order valence-corrected chi connectivity index (χ3v) is 3.99. The SMILES string of the molecule is C[C@H]1CC[C@@H]2CC=C[C@@H]3CCOC1=C23. The second-order valence-electron chi connectivity index (χ2n) is 4.90. The summed E-state index contributed by atoms with van der Waals surface area (Å²) in [6.45, 7) is 3.25. The molecule has 3 aliphatic rings. The van der Waals surface area contributed by atoms with E-state index >= 15 is 0 Å². The highest BCUT2D eigenvalue weighted by atomic mass is 16.5. The van der Waals surface area contributed by atoms with Gasteiger partial charge in [0.15, 0.2) is 0 Å². The van der Waals surface area contributed by atoms with Gasteiger partial charge in [-0.2, -0.15) is 0 Å². The van der Waals surface area contributed by atoms with Gasteiger partial charge in [-0.15, -0.1) is 0 Å². The Morgan fingerprint density at radius 3 is 3.14 bits per heavy atom. The third-order valence-electron chi connectivity index (χ3n) is 3.99. The van der Waals surface area contributed by atoms with Gasteiger partial charge in [0.1, 0.15) is 0 Å². The lowest BCUT2D eigenvalue weighted by Crippen LogP contribution is -2.30. The molecule has 1 nitrogen and oxygen atoms in total. The predicted octanol–water partition coefficient (Wildman–Crippen LogP) is 3.28. The molecule has 0 spiro atoms. The molecule has 0 aromatic carbocycles. The Labute approximate surface area is 85.8 Å². The van der Waals surface area contributed by atoms with E-state index in [0.29, 0.717) is 5.92 Å². The van der Waals surface area contributed by atoms with Crippen molar-refractivity contribution in [1.29, 1.82) is 0 Å². The fraction of sp³-hybridized carbons (Fsp3) is 0.692. The number of allylic oxidation sites excluding steroid dienone is 4. The van der Waals surface area contributed by atoms with Gasteiger partial charge in [-0.05, 0) is 37.2 Å². The van der Waals surface area contributed by atoms with Crippen molar-refractivity contribution in [3.05, 3.63) is 23.5 Å². The second-order valence-corrected chi connectivity index (χ2v) is 4.90. The first-order valence-electron chi connectivity index (χ1n) is 5.89. The van der Waals surface area contributed by atoms with Gasteiger partial charge in [0.25, 0.3) is 0 Å². The second kappa shape index (κ2) is 3.15. The van der Waals surface area contributed by atoms with Crippen LogP contribution in [0.3, 0.4) is 0 Å². The number of ether oxygens (including phenoxy) is 1. The normalized spacial score (nSPS) is 40.5. The van der Waals surface area contributed by atoms with Crippen molar-refractivity contribution in [3.63, 3.8) is 0 Å². The molecule has 1 heterocycles. The molecule has 0 bridgehead atoms. The summed E-state index contributed by atoms with van der Waals surface area (Å²) in [5.41, 5.74) is 1.66. The van der Waals surface area contributed by atoms with E-state index in [1.807, 2.05) is 0 Å². The molecule has 3 rings (SSSR count). The predicted molar refractivity (Wildman–Crippen MR) is 56.7 cm³/mol. The van der Waals surface area contributed by atoms with Crippen molar-refractivity contribution in [2.24, 2.45) is 17.8 Å². The van der Waals surface area contributed by atoms with Crippen molar-refractivity contribution in [2.75, 3.05) is 6.61 Å². The largest absolute Gasteiger partial charge is 0.498 e. The lowest BCUT2D eigenvalue weighted by atomic mass is 9.70. The lowest BCUT2D eigenvalue weighted by Gasteiger charge is -2.40. The summed E-state index contributed by atoms with van der Waals surface area (Å²) in [6.07, 6.45) is 9.96. The maximum absolute atomic E-state index is 5.88. The van der Waals surface area contributed by atoms with E-state index in [4.69, 9.17) is 4.74 Å². The average Bonchev–Trinajstić information content (AvgIpc) is 2.24. The van der Waals surface area contributed by atoms with Crippen LogP contribution in [0.1, 0.15) is 32.6 Å². The van der Waals surface area contributed by atoms with Gasteiger partial charge < -0.3 is 4.74 Å². The molecule has 0 aromatic heterocycles. The van der Waals surface area contributed by atoms with E-state index in [-0.39, 0.29) is 0 Å². The molecule has 0 amide bonds. The Hall–Kier alpha value is -0.720. The van der Waals surface area contributed by atoms with Crippen LogP contribution in [-0.4, -0.2) is 6.61 Å². The molecule has 2 aliphatic carbocycles. The van der Waals surface area contributed by atoms with Crippen LogP contribution >= 0.6 is 0 Å². The smallest absolute Gasteiger partial charge is 0.0988 e.